The summed E-state index contributed by atoms with van der Waals surface area (Å²) in [4.78, 5) is 0. The minimum Gasteiger partial charge on any atom is -0.488 e. The first-order valence-corrected chi connectivity index (χ1v) is 15.6. The van der Waals surface area contributed by atoms with Gasteiger partial charge in [0.1, 0.15) is 5.75 Å². The number of anilines is 2. The second-order valence-electron chi connectivity index (χ2n) is 14.3. The number of nitrogen functional groups attached to an aromatic ring is 2. The van der Waals surface area contributed by atoms with Crippen LogP contribution in [0.3, 0.4) is 0 Å². The van der Waals surface area contributed by atoms with Gasteiger partial charge in [-0.2, -0.15) is 0 Å². The van der Waals surface area contributed by atoms with Crippen LogP contribution < -0.4 is 16.2 Å². The molecule has 4 saturated carbocycles. The summed E-state index contributed by atoms with van der Waals surface area (Å²) in [6.45, 7) is 14.5. The standard InChI is InChI=1S/C34H54N2O/c1-6-34-19-17-29-27(30(34)14-13-28(34)23(4)9-7-8-22(2)3)12-10-24-20-26(16-18-33(24,29)5)37-32-15-11-25(35)21-31(32)36/h6,11,15,21-24,26-30H,1,7-10,12-14,16-20,35-36H2,2-5H3. The Morgan fingerprint density at radius 1 is 1.00 bits per heavy atom. The predicted octanol–water partition coefficient (Wildman–Crippen LogP) is 8.89. The van der Waals surface area contributed by atoms with Gasteiger partial charge in [-0.25, -0.2) is 0 Å². The van der Waals surface area contributed by atoms with Crippen LogP contribution >= 0.6 is 0 Å². The average Bonchev–Trinajstić information content (AvgIpc) is 3.26. The molecule has 0 spiro atoms. The van der Waals surface area contributed by atoms with Crippen molar-refractivity contribution in [1.82, 2.24) is 0 Å². The summed E-state index contributed by atoms with van der Waals surface area (Å²) in [5.41, 5.74) is 14.3. The molecule has 1 aromatic carbocycles. The number of allylic oxidation sites excluding steroid dienone is 1. The highest BCUT2D eigenvalue weighted by molar-refractivity contribution is 5.60. The molecule has 0 aromatic heterocycles. The van der Waals surface area contributed by atoms with Crippen LogP contribution in [-0.4, -0.2) is 6.10 Å². The van der Waals surface area contributed by atoms with E-state index in [4.69, 9.17) is 16.2 Å². The third kappa shape index (κ3) is 4.82. The van der Waals surface area contributed by atoms with Gasteiger partial charge in [0, 0.05) is 5.69 Å². The highest BCUT2D eigenvalue weighted by atomic mass is 16.5. The predicted molar refractivity (Wildman–Crippen MR) is 157 cm³/mol. The Bertz CT molecular complexity index is 957. The highest BCUT2D eigenvalue weighted by Crippen LogP contribution is 2.69. The van der Waals surface area contributed by atoms with Gasteiger partial charge in [-0.05, 0) is 128 Å². The Morgan fingerprint density at radius 2 is 1.81 bits per heavy atom. The molecule has 3 heteroatoms. The van der Waals surface area contributed by atoms with E-state index in [1.165, 1.54) is 70.6 Å². The normalized spacial score (nSPS) is 39.9. The summed E-state index contributed by atoms with van der Waals surface area (Å²) in [7, 11) is 0. The third-order valence-corrected chi connectivity index (χ3v) is 12.1. The lowest BCUT2D eigenvalue weighted by Gasteiger charge is -2.61. The Balaban J connectivity index is 1.26. The van der Waals surface area contributed by atoms with E-state index in [0.29, 0.717) is 22.2 Å². The molecule has 4 fully saturated rings. The summed E-state index contributed by atoms with van der Waals surface area (Å²) >= 11 is 0. The number of rotatable bonds is 8. The average molecular weight is 507 g/mol. The largest absolute Gasteiger partial charge is 0.488 e. The molecule has 37 heavy (non-hydrogen) atoms. The molecular formula is C34H54N2O. The van der Waals surface area contributed by atoms with Crippen molar-refractivity contribution < 1.29 is 4.74 Å². The van der Waals surface area contributed by atoms with Gasteiger partial charge in [0.15, 0.2) is 0 Å². The van der Waals surface area contributed by atoms with Gasteiger partial charge in [0.25, 0.3) is 0 Å². The monoisotopic (exact) mass is 506 g/mol. The van der Waals surface area contributed by atoms with Crippen LogP contribution in [0.1, 0.15) is 105 Å². The van der Waals surface area contributed by atoms with Gasteiger partial charge in [0.05, 0.1) is 11.8 Å². The third-order valence-electron chi connectivity index (χ3n) is 12.1. The lowest BCUT2D eigenvalue weighted by Crippen LogP contribution is -2.54. The molecule has 5 rings (SSSR count). The van der Waals surface area contributed by atoms with Crippen LogP contribution in [0.4, 0.5) is 11.4 Å². The summed E-state index contributed by atoms with van der Waals surface area (Å²) < 4.78 is 6.47. The van der Waals surface area contributed by atoms with Gasteiger partial charge in [-0.1, -0.05) is 53.0 Å². The molecule has 0 radical (unpaired) electrons. The van der Waals surface area contributed by atoms with Gasteiger partial charge >= 0.3 is 0 Å². The van der Waals surface area contributed by atoms with E-state index in [2.05, 4.69) is 40.3 Å². The van der Waals surface area contributed by atoms with E-state index in [1.807, 2.05) is 18.2 Å². The maximum absolute atomic E-state index is 6.47. The minimum atomic E-state index is 0.277. The van der Waals surface area contributed by atoms with Crippen LogP contribution in [0.25, 0.3) is 0 Å². The van der Waals surface area contributed by atoms with Gasteiger partial charge in [0.2, 0.25) is 0 Å². The molecule has 0 heterocycles. The first kappa shape index (κ1) is 26.9. The first-order chi connectivity index (χ1) is 17.7. The molecule has 9 unspecified atom stereocenters. The van der Waals surface area contributed by atoms with E-state index < -0.39 is 0 Å². The Morgan fingerprint density at radius 3 is 2.54 bits per heavy atom. The maximum atomic E-state index is 6.47. The second kappa shape index (κ2) is 10.5. The number of benzene rings is 1. The molecule has 4 aliphatic carbocycles. The van der Waals surface area contributed by atoms with Crippen LogP contribution in [0.15, 0.2) is 30.9 Å². The lowest BCUT2D eigenvalue weighted by atomic mass is 9.44. The molecular weight excluding hydrogens is 452 g/mol. The van der Waals surface area contributed by atoms with E-state index in [-0.39, 0.29) is 6.10 Å². The summed E-state index contributed by atoms with van der Waals surface area (Å²) in [6.07, 6.45) is 19.0. The molecule has 3 nitrogen and oxygen atoms in total. The summed E-state index contributed by atoms with van der Waals surface area (Å²) in [5, 5.41) is 0. The molecule has 0 bridgehead atoms. The fraction of sp³-hybridized carbons (Fsp3) is 0.765. The van der Waals surface area contributed by atoms with Crippen molar-refractivity contribution in [2.75, 3.05) is 11.5 Å². The zero-order valence-corrected chi connectivity index (χ0v) is 24.2. The number of hydrogen-bond acceptors (Lipinski definition) is 3. The van der Waals surface area contributed by atoms with Gasteiger partial charge in [-0.15, -0.1) is 6.58 Å². The molecule has 0 saturated heterocycles. The molecule has 0 aliphatic heterocycles. The van der Waals surface area contributed by atoms with E-state index in [9.17, 15) is 0 Å². The topological polar surface area (TPSA) is 61.3 Å². The van der Waals surface area contributed by atoms with Crippen molar-refractivity contribution in [3.8, 4) is 5.75 Å². The summed E-state index contributed by atoms with van der Waals surface area (Å²) in [5.74, 6) is 6.72. The molecule has 4 aliphatic rings. The lowest BCUT2D eigenvalue weighted by molar-refractivity contribution is -0.120. The van der Waals surface area contributed by atoms with Crippen LogP contribution in [-0.2, 0) is 0 Å². The number of fused-ring (bicyclic) bond motifs is 5. The smallest absolute Gasteiger partial charge is 0.142 e. The second-order valence-corrected chi connectivity index (χ2v) is 14.3. The number of hydrogen-bond donors (Lipinski definition) is 2. The van der Waals surface area contributed by atoms with Crippen molar-refractivity contribution in [1.29, 1.82) is 0 Å². The maximum Gasteiger partial charge on any atom is 0.142 e. The van der Waals surface area contributed by atoms with E-state index in [0.717, 1.165) is 53.6 Å². The molecule has 1 aromatic rings. The van der Waals surface area contributed by atoms with Crippen molar-refractivity contribution in [2.45, 2.75) is 111 Å². The van der Waals surface area contributed by atoms with Crippen LogP contribution in [0.2, 0.25) is 0 Å². The van der Waals surface area contributed by atoms with Crippen molar-refractivity contribution in [2.24, 2.45) is 52.3 Å². The van der Waals surface area contributed by atoms with Crippen molar-refractivity contribution in [3.05, 3.63) is 30.9 Å². The fourth-order valence-corrected chi connectivity index (χ4v) is 10.2. The van der Waals surface area contributed by atoms with E-state index >= 15 is 0 Å². The quantitative estimate of drug-likeness (QED) is 0.273. The zero-order valence-electron chi connectivity index (χ0n) is 24.2. The zero-order chi connectivity index (χ0) is 26.4. The highest BCUT2D eigenvalue weighted by Gasteiger charge is 2.61. The number of nitrogens with two attached hydrogens (primary N) is 2. The van der Waals surface area contributed by atoms with Crippen LogP contribution in [0, 0.1) is 52.3 Å². The van der Waals surface area contributed by atoms with Crippen molar-refractivity contribution in [3.63, 3.8) is 0 Å². The van der Waals surface area contributed by atoms with Crippen LogP contribution in [0.5, 0.6) is 5.75 Å². The summed E-state index contributed by atoms with van der Waals surface area (Å²) in [6, 6.07) is 5.67. The molecule has 0 amide bonds. The Kier molecular flexibility index (Phi) is 7.64. The molecule has 4 N–H and O–H groups in total. The number of ether oxygens (including phenoxy) is 1. The van der Waals surface area contributed by atoms with E-state index in [1.54, 1.807) is 0 Å². The molecule has 206 valence electrons. The SMILES string of the molecule is C=CC12CCC3C(CCC4CC(Oc5ccc(N)cc5N)CCC43C)C1CCC2C(C)CCCC(C)C. The van der Waals surface area contributed by atoms with Crippen molar-refractivity contribution >= 4 is 11.4 Å². The minimum absolute atomic E-state index is 0.277. The van der Waals surface area contributed by atoms with Gasteiger partial charge < -0.3 is 16.2 Å². The molecule has 9 atom stereocenters. The first-order valence-electron chi connectivity index (χ1n) is 15.6. The Labute approximate surface area is 227 Å². The van der Waals surface area contributed by atoms with Gasteiger partial charge in [-0.3, -0.25) is 0 Å². The Hall–Kier alpha value is -1.64. The fourth-order valence-electron chi connectivity index (χ4n) is 10.2.